The van der Waals surface area contributed by atoms with E-state index in [1.54, 1.807) is 0 Å². The third kappa shape index (κ3) is 4.71. The molecule has 1 rings (SSSR count). The highest BCUT2D eigenvalue weighted by Crippen LogP contribution is 2.22. The maximum Gasteiger partial charge on any atom is 0.238 e. The lowest BCUT2D eigenvalue weighted by molar-refractivity contribution is -0.125. The predicted molar refractivity (Wildman–Crippen MR) is 80.2 cm³/mol. The minimum Gasteiger partial charge on any atom is -0.496 e. The Bertz CT molecular complexity index is 611. The van der Waals surface area contributed by atoms with Gasteiger partial charge >= 0.3 is 0 Å². The van der Waals surface area contributed by atoms with Crippen molar-refractivity contribution < 1.29 is 17.9 Å². The summed E-state index contributed by atoms with van der Waals surface area (Å²) in [5.41, 5.74) is 0.563. The van der Waals surface area contributed by atoms with Gasteiger partial charge in [0.25, 0.3) is 0 Å². The SMILES string of the molecule is COc1ccc(S(N)(=O)=O)cc1CNC(=O)C(C)C(C)C. The van der Waals surface area contributed by atoms with E-state index in [1.807, 2.05) is 20.8 Å². The van der Waals surface area contributed by atoms with Crippen LogP contribution in [0.15, 0.2) is 23.1 Å². The summed E-state index contributed by atoms with van der Waals surface area (Å²) < 4.78 is 27.9. The zero-order valence-corrected chi connectivity index (χ0v) is 13.5. The van der Waals surface area contributed by atoms with Crippen LogP contribution in [-0.4, -0.2) is 21.4 Å². The average Bonchev–Trinajstić information content (AvgIpc) is 2.42. The Hall–Kier alpha value is -1.60. The van der Waals surface area contributed by atoms with Gasteiger partial charge in [-0.2, -0.15) is 0 Å². The van der Waals surface area contributed by atoms with E-state index in [2.05, 4.69) is 5.32 Å². The Morgan fingerprint density at radius 2 is 1.95 bits per heavy atom. The van der Waals surface area contributed by atoms with Crippen molar-refractivity contribution in [1.29, 1.82) is 0 Å². The van der Waals surface area contributed by atoms with Gasteiger partial charge < -0.3 is 10.1 Å². The minimum atomic E-state index is -3.79. The summed E-state index contributed by atoms with van der Waals surface area (Å²) in [6, 6.07) is 4.30. The first-order valence-electron chi connectivity index (χ1n) is 6.64. The number of rotatable bonds is 6. The molecule has 1 atom stereocenters. The molecule has 1 aromatic carbocycles. The molecule has 118 valence electrons. The molecule has 1 amide bonds. The number of hydrogen-bond donors (Lipinski definition) is 2. The van der Waals surface area contributed by atoms with Crippen molar-refractivity contribution in [2.75, 3.05) is 7.11 Å². The summed E-state index contributed by atoms with van der Waals surface area (Å²) in [7, 11) is -2.31. The van der Waals surface area contributed by atoms with Crippen LogP contribution in [0.25, 0.3) is 0 Å². The van der Waals surface area contributed by atoms with Crippen molar-refractivity contribution in [3.8, 4) is 5.75 Å². The topological polar surface area (TPSA) is 98.5 Å². The van der Waals surface area contributed by atoms with Gasteiger partial charge in [-0.05, 0) is 24.1 Å². The molecule has 0 aliphatic rings. The van der Waals surface area contributed by atoms with Crippen LogP contribution in [0, 0.1) is 11.8 Å². The van der Waals surface area contributed by atoms with E-state index in [9.17, 15) is 13.2 Å². The Morgan fingerprint density at radius 3 is 2.43 bits per heavy atom. The molecule has 0 bridgehead atoms. The molecule has 1 aromatic rings. The molecule has 1 unspecified atom stereocenters. The first-order valence-corrected chi connectivity index (χ1v) is 8.19. The summed E-state index contributed by atoms with van der Waals surface area (Å²) in [4.78, 5) is 11.9. The number of benzene rings is 1. The molecule has 0 aliphatic heterocycles. The lowest BCUT2D eigenvalue weighted by Gasteiger charge is -2.16. The van der Waals surface area contributed by atoms with Gasteiger partial charge in [-0.15, -0.1) is 0 Å². The maximum atomic E-state index is 11.9. The van der Waals surface area contributed by atoms with Crippen LogP contribution in [0.1, 0.15) is 26.3 Å². The number of carbonyl (C=O) groups excluding carboxylic acids is 1. The molecule has 0 spiro atoms. The Kier molecular flexibility index (Phi) is 5.74. The quantitative estimate of drug-likeness (QED) is 0.825. The Balaban J connectivity index is 2.94. The van der Waals surface area contributed by atoms with Crippen molar-refractivity contribution >= 4 is 15.9 Å². The summed E-state index contributed by atoms with van der Waals surface area (Å²) in [6.07, 6.45) is 0. The van der Waals surface area contributed by atoms with Gasteiger partial charge in [-0.3, -0.25) is 4.79 Å². The van der Waals surface area contributed by atoms with Crippen molar-refractivity contribution in [1.82, 2.24) is 5.32 Å². The van der Waals surface area contributed by atoms with Crippen molar-refractivity contribution in [2.24, 2.45) is 17.0 Å². The summed E-state index contributed by atoms with van der Waals surface area (Å²) >= 11 is 0. The minimum absolute atomic E-state index is 0.00976. The predicted octanol–water partition coefficient (Wildman–Crippen LogP) is 1.25. The number of hydrogen-bond acceptors (Lipinski definition) is 4. The lowest BCUT2D eigenvalue weighted by Crippen LogP contribution is -2.31. The van der Waals surface area contributed by atoms with Crippen molar-refractivity contribution in [3.63, 3.8) is 0 Å². The van der Waals surface area contributed by atoms with Crippen LogP contribution < -0.4 is 15.2 Å². The maximum absolute atomic E-state index is 11.9. The monoisotopic (exact) mass is 314 g/mol. The van der Waals surface area contributed by atoms with Crippen LogP contribution in [0.4, 0.5) is 0 Å². The molecule has 0 aromatic heterocycles. The molecule has 0 aliphatic carbocycles. The van der Waals surface area contributed by atoms with Crippen LogP contribution in [0.3, 0.4) is 0 Å². The lowest BCUT2D eigenvalue weighted by atomic mass is 9.97. The van der Waals surface area contributed by atoms with Crippen LogP contribution in [-0.2, 0) is 21.4 Å². The fourth-order valence-corrected chi connectivity index (χ4v) is 2.28. The number of amides is 1. The van der Waals surface area contributed by atoms with Crippen molar-refractivity contribution in [3.05, 3.63) is 23.8 Å². The van der Waals surface area contributed by atoms with Gasteiger partial charge in [0.2, 0.25) is 15.9 Å². The molecular formula is C14H22N2O4S. The van der Waals surface area contributed by atoms with Gasteiger partial charge in [0.05, 0.1) is 12.0 Å². The number of methoxy groups -OCH3 is 1. The second-order valence-corrected chi connectivity index (χ2v) is 6.83. The highest BCUT2D eigenvalue weighted by molar-refractivity contribution is 7.89. The van der Waals surface area contributed by atoms with Gasteiger partial charge in [0.15, 0.2) is 0 Å². The van der Waals surface area contributed by atoms with Gasteiger partial charge in [-0.25, -0.2) is 13.6 Å². The second kappa shape index (κ2) is 6.91. The molecule has 3 N–H and O–H groups in total. The summed E-state index contributed by atoms with van der Waals surface area (Å²) in [6.45, 7) is 5.96. The first-order chi connectivity index (χ1) is 9.66. The van der Waals surface area contributed by atoms with E-state index in [0.29, 0.717) is 11.3 Å². The fourth-order valence-electron chi connectivity index (χ4n) is 1.72. The molecule has 0 saturated carbocycles. The molecule has 0 saturated heterocycles. The third-order valence-electron chi connectivity index (χ3n) is 3.45. The molecule has 21 heavy (non-hydrogen) atoms. The number of nitrogens with two attached hydrogens (primary N) is 1. The molecule has 6 nitrogen and oxygen atoms in total. The van der Waals surface area contributed by atoms with E-state index in [0.717, 1.165) is 0 Å². The first kappa shape index (κ1) is 17.5. The van der Waals surface area contributed by atoms with E-state index in [-0.39, 0.29) is 29.2 Å². The van der Waals surface area contributed by atoms with E-state index in [1.165, 1.54) is 25.3 Å². The Morgan fingerprint density at radius 1 is 1.33 bits per heavy atom. The standard InChI is InChI=1S/C14H22N2O4S/c1-9(2)10(3)14(17)16-8-11-7-12(21(15,18)19)5-6-13(11)20-4/h5-7,9-10H,8H2,1-4H3,(H,16,17)(H2,15,18,19). The van der Waals surface area contributed by atoms with E-state index < -0.39 is 10.0 Å². The third-order valence-corrected chi connectivity index (χ3v) is 4.36. The van der Waals surface area contributed by atoms with E-state index in [4.69, 9.17) is 9.88 Å². The highest BCUT2D eigenvalue weighted by atomic mass is 32.2. The van der Waals surface area contributed by atoms with Crippen molar-refractivity contribution in [2.45, 2.75) is 32.2 Å². The normalized spacial score (nSPS) is 13.0. The summed E-state index contributed by atoms with van der Waals surface area (Å²) in [5.74, 6) is 0.507. The van der Waals surface area contributed by atoms with Gasteiger partial charge in [0.1, 0.15) is 5.75 Å². The number of sulfonamides is 1. The van der Waals surface area contributed by atoms with Crippen LogP contribution in [0.5, 0.6) is 5.75 Å². The molecule has 0 radical (unpaired) electrons. The molecule has 7 heteroatoms. The number of ether oxygens (including phenoxy) is 1. The van der Waals surface area contributed by atoms with Gasteiger partial charge in [0, 0.05) is 18.0 Å². The smallest absolute Gasteiger partial charge is 0.238 e. The zero-order valence-electron chi connectivity index (χ0n) is 12.7. The zero-order chi connectivity index (χ0) is 16.2. The van der Waals surface area contributed by atoms with E-state index >= 15 is 0 Å². The number of nitrogens with one attached hydrogen (secondary N) is 1. The average molecular weight is 314 g/mol. The second-order valence-electron chi connectivity index (χ2n) is 5.27. The highest BCUT2D eigenvalue weighted by Gasteiger charge is 2.17. The summed E-state index contributed by atoms with van der Waals surface area (Å²) in [5, 5.41) is 7.88. The molecule has 0 fully saturated rings. The molecular weight excluding hydrogens is 292 g/mol. The Labute approximate surface area is 125 Å². The largest absolute Gasteiger partial charge is 0.496 e. The van der Waals surface area contributed by atoms with Crippen LogP contribution >= 0.6 is 0 Å². The number of carbonyl (C=O) groups is 1. The number of primary sulfonamides is 1. The fraction of sp³-hybridized carbons (Fsp3) is 0.500. The van der Waals surface area contributed by atoms with Crippen LogP contribution in [0.2, 0.25) is 0 Å². The molecule has 0 heterocycles. The van der Waals surface area contributed by atoms with Gasteiger partial charge in [-0.1, -0.05) is 20.8 Å².